The number of anilines is 1. The third-order valence-corrected chi connectivity index (χ3v) is 3.87. The van der Waals surface area contributed by atoms with Crippen LogP contribution in [0.1, 0.15) is 23.7 Å². The van der Waals surface area contributed by atoms with Crippen molar-refractivity contribution in [3.63, 3.8) is 0 Å². The maximum atomic E-state index is 11.6. The van der Waals surface area contributed by atoms with Crippen LogP contribution in [-0.2, 0) is 0 Å². The van der Waals surface area contributed by atoms with E-state index in [2.05, 4.69) is 33.1 Å². The number of primary amides is 1. The molecule has 0 spiro atoms. The molecule has 4 nitrogen and oxygen atoms in total. The Labute approximate surface area is 116 Å². The number of carbonyl (C=O) groups is 1. The molecule has 0 aliphatic carbocycles. The lowest BCUT2D eigenvalue weighted by Crippen LogP contribution is -2.58. The summed E-state index contributed by atoms with van der Waals surface area (Å²) in [5.41, 5.74) is 7.01. The Morgan fingerprint density at radius 3 is 2.78 bits per heavy atom. The maximum Gasteiger partial charge on any atom is 0.251 e. The number of halogens is 1. The Morgan fingerprint density at radius 1 is 1.56 bits per heavy atom. The molecule has 1 saturated heterocycles. The molecule has 0 unspecified atom stereocenters. The molecule has 5 heteroatoms. The third kappa shape index (κ3) is 2.52. The van der Waals surface area contributed by atoms with Gasteiger partial charge in [-0.25, -0.2) is 0 Å². The Balaban J connectivity index is 2.39. The van der Waals surface area contributed by atoms with Crippen molar-refractivity contribution in [3.8, 4) is 0 Å². The first-order valence-electron chi connectivity index (χ1n) is 6.20. The van der Waals surface area contributed by atoms with E-state index in [1.807, 2.05) is 18.2 Å². The molecule has 1 fully saturated rings. The van der Waals surface area contributed by atoms with Crippen LogP contribution >= 0.6 is 15.9 Å². The number of hydrogen-bond acceptors (Lipinski definition) is 3. The molecular formula is C13H18BrN3O. The molecule has 18 heavy (non-hydrogen) atoms. The van der Waals surface area contributed by atoms with Crippen molar-refractivity contribution in [1.82, 2.24) is 5.32 Å². The maximum absolute atomic E-state index is 11.6. The van der Waals surface area contributed by atoms with E-state index in [1.54, 1.807) is 0 Å². The Kier molecular flexibility index (Phi) is 4.24. The molecule has 0 radical (unpaired) electrons. The van der Waals surface area contributed by atoms with E-state index in [1.165, 1.54) is 0 Å². The van der Waals surface area contributed by atoms with Crippen molar-refractivity contribution in [2.45, 2.75) is 19.4 Å². The molecule has 1 aliphatic heterocycles. The number of nitrogens with zero attached hydrogens (tertiary/aromatic N) is 1. The summed E-state index contributed by atoms with van der Waals surface area (Å²) in [5.74, 6) is -0.383. The van der Waals surface area contributed by atoms with Gasteiger partial charge >= 0.3 is 0 Å². The van der Waals surface area contributed by atoms with Gasteiger partial charge in [-0.2, -0.15) is 0 Å². The minimum absolute atomic E-state index is 0.383. The second-order valence-corrected chi connectivity index (χ2v) is 5.36. The Bertz CT molecular complexity index is 446. The van der Waals surface area contributed by atoms with Crippen LogP contribution in [-0.4, -0.2) is 31.6 Å². The van der Waals surface area contributed by atoms with Gasteiger partial charge in [0.05, 0.1) is 17.3 Å². The molecule has 1 aliphatic rings. The number of carbonyl (C=O) groups excluding carboxylic acids is 1. The molecule has 0 saturated carbocycles. The van der Waals surface area contributed by atoms with Gasteiger partial charge in [0.1, 0.15) is 0 Å². The molecule has 1 heterocycles. The zero-order valence-electron chi connectivity index (χ0n) is 10.4. The minimum Gasteiger partial charge on any atom is -0.365 e. The number of hydrogen-bond donors (Lipinski definition) is 2. The first-order valence-corrected chi connectivity index (χ1v) is 7.00. The van der Waals surface area contributed by atoms with Crippen LogP contribution < -0.4 is 16.0 Å². The van der Waals surface area contributed by atoms with Crippen LogP contribution in [0.2, 0.25) is 0 Å². The van der Waals surface area contributed by atoms with E-state index in [9.17, 15) is 4.79 Å². The number of nitrogens with one attached hydrogen (secondary N) is 1. The van der Waals surface area contributed by atoms with E-state index in [0.717, 1.165) is 36.2 Å². The van der Waals surface area contributed by atoms with Crippen molar-refractivity contribution in [2.24, 2.45) is 5.73 Å². The largest absolute Gasteiger partial charge is 0.365 e. The van der Waals surface area contributed by atoms with Gasteiger partial charge < -0.3 is 16.0 Å². The zero-order chi connectivity index (χ0) is 13.1. The van der Waals surface area contributed by atoms with Gasteiger partial charge in [0.2, 0.25) is 0 Å². The molecular weight excluding hydrogens is 294 g/mol. The molecule has 1 aromatic carbocycles. The number of nitrogens with two attached hydrogens (primary N) is 1. The highest BCUT2D eigenvalue weighted by Crippen LogP contribution is 2.29. The third-order valence-electron chi connectivity index (χ3n) is 3.21. The average molecular weight is 312 g/mol. The number of benzene rings is 1. The van der Waals surface area contributed by atoms with Crippen LogP contribution in [0, 0.1) is 0 Å². The fraction of sp³-hybridized carbons (Fsp3) is 0.462. The number of amides is 1. The summed E-state index contributed by atoms with van der Waals surface area (Å²) in [6.45, 7) is 5.00. The van der Waals surface area contributed by atoms with E-state index < -0.39 is 0 Å². The Hall–Kier alpha value is -1.07. The van der Waals surface area contributed by atoms with Crippen molar-refractivity contribution in [3.05, 3.63) is 28.2 Å². The summed E-state index contributed by atoms with van der Waals surface area (Å²) in [6, 6.07) is 6.23. The first kappa shape index (κ1) is 13.4. The Morgan fingerprint density at radius 2 is 2.28 bits per heavy atom. The zero-order valence-corrected chi connectivity index (χ0v) is 12.0. The van der Waals surface area contributed by atoms with Crippen molar-refractivity contribution in [2.75, 3.05) is 24.5 Å². The lowest BCUT2D eigenvalue weighted by Gasteiger charge is -2.40. The second kappa shape index (κ2) is 5.71. The molecule has 98 valence electrons. The van der Waals surface area contributed by atoms with Gasteiger partial charge in [0, 0.05) is 24.1 Å². The highest BCUT2D eigenvalue weighted by atomic mass is 79.9. The molecule has 2 rings (SSSR count). The summed E-state index contributed by atoms with van der Waals surface area (Å²) in [7, 11) is 0. The first-order chi connectivity index (χ1) is 8.65. The van der Waals surface area contributed by atoms with Crippen molar-refractivity contribution < 1.29 is 4.79 Å². The predicted molar refractivity (Wildman–Crippen MR) is 77.0 cm³/mol. The van der Waals surface area contributed by atoms with Gasteiger partial charge in [-0.1, -0.05) is 13.0 Å². The smallest absolute Gasteiger partial charge is 0.251 e. The van der Waals surface area contributed by atoms with E-state index in [-0.39, 0.29) is 5.91 Å². The van der Waals surface area contributed by atoms with E-state index >= 15 is 0 Å². The average Bonchev–Trinajstić information content (AvgIpc) is 2.25. The summed E-state index contributed by atoms with van der Waals surface area (Å²) < 4.78 is 0.765. The molecule has 1 amide bonds. The minimum atomic E-state index is -0.383. The molecule has 0 atom stereocenters. The lowest BCUT2D eigenvalue weighted by molar-refractivity contribution is 0.1000. The van der Waals surface area contributed by atoms with Gasteiger partial charge in [0.15, 0.2) is 0 Å². The lowest BCUT2D eigenvalue weighted by atomic mass is 10.1. The van der Waals surface area contributed by atoms with Crippen LogP contribution in [0.25, 0.3) is 0 Å². The predicted octanol–water partition coefficient (Wildman–Crippen LogP) is 1.74. The molecule has 3 N–H and O–H groups in total. The van der Waals surface area contributed by atoms with Crippen LogP contribution in [0.4, 0.5) is 5.69 Å². The SMILES string of the molecule is CCCN(c1cccc(Br)c1C(N)=O)C1CNC1. The standard InChI is InChI=1S/C13H18BrN3O/c1-2-6-17(9-7-16-8-9)11-5-3-4-10(14)12(11)13(15)18/h3-5,9,16H,2,6-8H2,1H3,(H2,15,18). The fourth-order valence-electron chi connectivity index (χ4n) is 2.23. The summed E-state index contributed by atoms with van der Waals surface area (Å²) in [4.78, 5) is 13.9. The highest BCUT2D eigenvalue weighted by Gasteiger charge is 2.27. The van der Waals surface area contributed by atoms with E-state index in [0.29, 0.717) is 11.6 Å². The summed E-state index contributed by atoms with van der Waals surface area (Å²) in [6.07, 6.45) is 1.04. The van der Waals surface area contributed by atoms with Gasteiger partial charge in [-0.15, -0.1) is 0 Å². The monoisotopic (exact) mass is 311 g/mol. The second-order valence-electron chi connectivity index (χ2n) is 4.50. The van der Waals surface area contributed by atoms with E-state index in [4.69, 9.17) is 5.73 Å². The molecule has 0 bridgehead atoms. The fourth-order valence-corrected chi connectivity index (χ4v) is 2.78. The summed E-state index contributed by atoms with van der Waals surface area (Å²) >= 11 is 3.41. The van der Waals surface area contributed by atoms with Gasteiger partial charge in [-0.05, 0) is 34.5 Å². The normalized spacial score (nSPS) is 15.2. The van der Waals surface area contributed by atoms with Crippen molar-refractivity contribution in [1.29, 1.82) is 0 Å². The van der Waals surface area contributed by atoms with Crippen LogP contribution in [0.5, 0.6) is 0 Å². The van der Waals surface area contributed by atoms with Gasteiger partial charge in [-0.3, -0.25) is 4.79 Å². The summed E-state index contributed by atoms with van der Waals surface area (Å²) in [5, 5.41) is 3.26. The van der Waals surface area contributed by atoms with Crippen LogP contribution in [0.3, 0.4) is 0 Å². The number of rotatable bonds is 5. The highest BCUT2D eigenvalue weighted by molar-refractivity contribution is 9.10. The topological polar surface area (TPSA) is 58.4 Å². The van der Waals surface area contributed by atoms with Gasteiger partial charge in [0.25, 0.3) is 5.91 Å². The quantitative estimate of drug-likeness (QED) is 0.871. The molecule has 0 aromatic heterocycles. The van der Waals surface area contributed by atoms with Crippen molar-refractivity contribution >= 4 is 27.5 Å². The van der Waals surface area contributed by atoms with Crippen LogP contribution in [0.15, 0.2) is 22.7 Å². The molecule has 1 aromatic rings.